The van der Waals surface area contributed by atoms with Gasteiger partial charge in [-0.2, -0.15) is 0 Å². The number of unbranched alkanes of at least 4 members (excludes halogenated alkanes) is 1. The van der Waals surface area contributed by atoms with Crippen LogP contribution in [0.1, 0.15) is 38.5 Å². The summed E-state index contributed by atoms with van der Waals surface area (Å²) in [5.41, 5.74) is 15.4. The van der Waals surface area contributed by atoms with Crippen molar-refractivity contribution in [3.63, 3.8) is 0 Å². The Labute approximate surface area is 194 Å². The van der Waals surface area contributed by atoms with E-state index in [1.807, 2.05) is 0 Å². The standard InChI is InChI=1S/C22H50N4O6/c23-7-3-13-29-19-21(31-15-5-9-25)17-27-11-1-2-12-28-18-22(32-16-6-10-26)20-30-14-4-8-24/h21-22H,1-20,23-26H2/p+4. The Morgan fingerprint density at radius 1 is 0.375 bits per heavy atom. The third-order valence-electron chi connectivity index (χ3n) is 4.62. The van der Waals surface area contributed by atoms with Gasteiger partial charge in [0.05, 0.1) is 79.0 Å². The van der Waals surface area contributed by atoms with Crippen LogP contribution in [0.3, 0.4) is 0 Å². The number of ether oxygens (including phenoxy) is 6. The molecule has 0 rings (SSSR count). The van der Waals surface area contributed by atoms with Gasteiger partial charge in [0, 0.05) is 38.9 Å². The third kappa shape index (κ3) is 22.8. The number of hydrogen-bond donors (Lipinski definition) is 4. The fraction of sp³-hybridized carbons (Fsp3) is 1.00. The molecule has 0 bridgehead atoms. The first-order valence-corrected chi connectivity index (χ1v) is 12.5. The highest BCUT2D eigenvalue weighted by atomic mass is 16.6. The van der Waals surface area contributed by atoms with Crippen LogP contribution in [0.15, 0.2) is 0 Å². The van der Waals surface area contributed by atoms with Gasteiger partial charge in [-0.1, -0.05) is 0 Å². The summed E-state index contributed by atoms with van der Waals surface area (Å²) in [5, 5.41) is 0. The van der Waals surface area contributed by atoms with Crippen molar-refractivity contribution >= 4 is 0 Å². The van der Waals surface area contributed by atoms with E-state index in [0.29, 0.717) is 52.9 Å². The first-order chi connectivity index (χ1) is 15.8. The van der Waals surface area contributed by atoms with Crippen molar-refractivity contribution < 1.29 is 51.4 Å². The van der Waals surface area contributed by atoms with E-state index in [2.05, 4.69) is 22.9 Å². The van der Waals surface area contributed by atoms with E-state index in [1.165, 1.54) is 0 Å². The Balaban J connectivity index is 3.85. The van der Waals surface area contributed by atoms with Crippen molar-refractivity contribution in [1.82, 2.24) is 0 Å². The summed E-state index contributed by atoms with van der Waals surface area (Å²) in [4.78, 5) is 0. The molecule has 0 aliphatic carbocycles. The molecule has 0 saturated heterocycles. The van der Waals surface area contributed by atoms with Crippen molar-refractivity contribution in [3.05, 3.63) is 0 Å². The summed E-state index contributed by atoms with van der Waals surface area (Å²) < 4.78 is 34.7. The zero-order valence-corrected chi connectivity index (χ0v) is 20.6. The molecule has 0 aromatic carbocycles. The van der Waals surface area contributed by atoms with Gasteiger partial charge in [0.25, 0.3) is 0 Å². The Hall–Kier alpha value is -0.400. The van der Waals surface area contributed by atoms with Crippen LogP contribution >= 0.6 is 0 Å². The van der Waals surface area contributed by atoms with Crippen LogP contribution in [0.4, 0.5) is 0 Å². The van der Waals surface area contributed by atoms with E-state index in [1.54, 1.807) is 0 Å². The summed E-state index contributed by atoms with van der Waals surface area (Å²) in [6.07, 6.45) is 5.68. The molecule has 10 nitrogen and oxygen atoms in total. The van der Waals surface area contributed by atoms with Crippen molar-refractivity contribution in [2.45, 2.75) is 50.7 Å². The smallest absolute Gasteiger partial charge is 0.104 e. The van der Waals surface area contributed by atoms with Crippen molar-refractivity contribution in [1.29, 1.82) is 0 Å². The molecular weight excluding hydrogens is 416 g/mol. The summed E-state index contributed by atoms with van der Waals surface area (Å²) in [6, 6.07) is 0. The fourth-order valence-corrected chi connectivity index (χ4v) is 2.67. The molecule has 0 aliphatic rings. The van der Waals surface area contributed by atoms with E-state index in [-0.39, 0.29) is 12.2 Å². The molecule has 0 heterocycles. The number of hydrogen-bond acceptors (Lipinski definition) is 6. The largest absolute Gasteiger partial charge is 0.379 e. The average molecular weight is 471 g/mol. The molecule has 0 fully saturated rings. The lowest BCUT2D eigenvalue weighted by Gasteiger charge is -2.18. The quantitative estimate of drug-likeness (QED) is 0.0942. The maximum Gasteiger partial charge on any atom is 0.104 e. The Morgan fingerprint density at radius 3 is 0.969 bits per heavy atom. The van der Waals surface area contributed by atoms with Crippen molar-refractivity contribution in [2.75, 3.05) is 92.2 Å². The second-order valence-electron chi connectivity index (χ2n) is 7.82. The zero-order chi connectivity index (χ0) is 23.5. The third-order valence-corrected chi connectivity index (χ3v) is 4.62. The molecule has 32 heavy (non-hydrogen) atoms. The molecule has 0 aromatic heterocycles. The molecule has 0 amide bonds. The zero-order valence-electron chi connectivity index (χ0n) is 20.6. The van der Waals surface area contributed by atoms with Gasteiger partial charge in [0.15, 0.2) is 0 Å². The normalized spacial score (nSPS) is 13.5. The van der Waals surface area contributed by atoms with E-state index in [9.17, 15) is 0 Å². The maximum atomic E-state index is 5.86. The maximum absolute atomic E-state index is 5.86. The molecule has 2 unspecified atom stereocenters. The summed E-state index contributed by atoms with van der Waals surface area (Å²) in [6.45, 7) is 9.96. The first-order valence-electron chi connectivity index (χ1n) is 12.5. The molecule has 194 valence electrons. The van der Waals surface area contributed by atoms with Crippen LogP contribution in [0.2, 0.25) is 0 Å². The van der Waals surface area contributed by atoms with E-state index < -0.39 is 0 Å². The summed E-state index contributed by atoms with van der Waals surface area (Å²) in [5.74, 6) is 0. The van der Waals surface area contributed by atoms with Gasteiger partial charge in [-0.25, -0.2) is 0 Å². The monoisotopic (exact) mass is 470 g/mol. The second kappa shape index (κ2) is 26.8. The van der Waals surface area contributed by atoms with Crippen LogP contribution in [-0.4, -0.2) is 104 Å². The van der Waals surface area contributed by atoms with Gasteiger partial charge in [-0.15, -0.1) is 0 Å². The lowest BCUT2D eigenvalue weighted by molar-refractivity contribution is -0.370. The van der Waals surface area contributed by atoms with Crippen LogP contribution in [0, 0.1) is 0 Å². The van der Waals surface area contributed by atoms with Gasteiger partial charge in [0.2, 0.25) is 0 Å². The molecule has 0 radical (unpaired) electrons. The first kappa shape index (κ1) is 31.6. The molecule has 12 N–H and O–H groups in total. The van der Waals surface area contributed by atoms with Gasteiger partial charge in [-0.3, -0.25) is 0 Å². The highest BCUT2D eigenvalue weighted by Gasteiger charge is 2.11. The van der Waals surface area contributed by atoms with Gasteiger partial charge < -0.3 is 51.4 Å². The van der Waals surface area contributed by atoms with Gasteiger partial charge in [0.1, 0.15) is 12.2 Å². The SMILES string of the molecule is [NH3+]CCCOCC(COCCCCOCC(COCCC[NH3+])OCCC[NH3+])OCCC[NH3+]. The fourth-order valence-electron chi connectivity index (χ4n) is 2.67. The minimum Gasteiger partial charge on any atom is -0.379 e. The second-order valence-corrected chi connectivity index (χ2v) is 7.82. The minimum atomic E-state index is -0.0256. The Morgan fingerprint density at radius 2 is 0.656 bits per heavy atom. The summed E-state index contributed by atoms with van der Waals surface area (Å²) >= 11 is 0. The predicted molar refractivity (Wildman–Crippen MR) is 121 cm³/mol. The molecule has 0 aliphatic heterocycles. The number of quaternary nitrogens is 4. The highest BCUT2D eigenvalue weighted by molar-refractivity contribution is 4.58. The van der Waals surface area contributed by atoms with E-state index in [0.717, 1.165) is 77.9 Å². The highest BCUT2D eigenvalue weighted by Crippen LogP contribution is 2.01. The van der Waals surface area contributed by atoms with Crippen molar-refractivity contribution in [2.24, 2.45) is 0 Å². The Kier molecular flexibility index (Phi) is 26.5. The minimum absolute atomic E-state index is 0.0256. The van der Waals surface area contributed by atoms with Crippen LogP contribution in [0.25, 0.3) is 0 Å². The lowest BCUT2D eigenvalue weighted by atomic mass is 10.3. The molecule has 0 spiro atoms. The van der Waals surface area contributed by atoms with E-state index >= 15 is 0 Å². The topological polar surface area (TPSA) is 166 Å². The molecule has 0 aromatic rings. The van der Waals surface area contributed by atoms with E-state index in [4.69, 9.17) is 28.4 Å². The molecular formula is C22H54N4O6+4. The van der Waals surface area contributed by atoms with Gasteiger partial charge >= 0.3 is 0 Å². The van der Waals surface area contributed by atoms with Crippen molar-refractivity contribution in [3.8, 4) is 0 Å². The van der Waals surface area contributed by atoms with Gasteiger partial charge in [-0.05, 0) is 12.8 Å². The average Bonchev–Trinajstić information content (AvgIpc) is 2.80. The summed E-state index contributed by atoms with van der Waals surface area (Å²) in [7, 11) is 0. The predicted octanol–water partition coefficient (Wildman–Crippen LogP) is -2.87. The van der Waals surface area contributed by atoms with Crippen LogP contribution in [0.5, 0.6) is 0 Å². The van der Waals surface area contributed by atoms with Crippen LogP contribution < -0.4 is 22.9 Å². The Bertz CT molecular complexity index is 326. The lowest BCUT2D eigenvalue weighted by Crippen LogP contribution is -2.50. The molecule has 2 atom stereocenters. The molecule has 10 heteroatoms. The number of rotatable bonds is 27. The van der Waals surface area contributed by atoms with Crippen LogP contribution in [-0.2, 0) is 28.4 Å². The molecule has 0 saturated carbocycles.